The van der Waals surface area contributed by atoms with Gasteiger partial charge in [0.2, 0.25) is 0 Å². The molecule has 162 valence electrons. The van der Waals surface area contributed by atoms with Gasteiger partial charge in [-0.25, -0.2) is 0 Å². The molecular weight excluding hydrogens is 386 g/mol. The maximum Gasteiger partial charge on any atom is 0.142 e. The molecule has 1 saturated heterocycles. The molecule has 5 nitrogen and oxygen atoms in total. The Morgan fingerprint density at radius 1 is 1.19 bits per heavy atom. The summed E-state index contributed by atoms with van der Waals surface area (Å²) in [6.07, 6.45) is 6.99. The van der Waals surface area contributed by atoms with Crippen LogP contribution in [-0.2, 0) is 22.7 Å². The van der Waals surface area contributed by atoms with Gasteiger partial charge in [-0.1, -0.05) is 30.8 Å². The molecule has 0 saturated carbocycles. The second-order valence-corrected chi connectivity index (χ2v) is 8.82. The average Bonchev–Trinajstić information content (AvgIpc) is 3.12. The third-order valence-corrected chi connectivity index (χ3v) is 6.68. The van der Waals surface area contributed by atoms with E-state index >= 15 is 0 Å². The molecule has 4 rings (SSSR count). The number of fused-ring (bicyclic) bond motifs is 1. The minimum Gasteiger partial charge on any atom is -0.357 e. The van der Waals surface area contributed by atoms with E-state index in [1.54, 1.807) is 0 Å². The van der Waals surface area contributed by atoms with E-state index in [4.69, 9.17) is 0 Å². The van der Waals surface area contributed by atoms with Crippen molar-refractivity contribution < 1.29 is 9.59 Å². The van der Waals surface area contributed by atoms with E-state index in [2.05, 4.69) is 53.7 Å². The molecule has 1 unspecified atom stereocenters. The standard InChI is InChI=1S/C26H31N3O2/c1-19-5-7-24(27-15-19)17-28-11-9-21(10-12-28)22-6-8-26-20(2)29(16-23(26)14-22)25(18-31)4-3-13-30/h5-8,13-15,18,21,25H,2-4,9-12,16-17H2,1H3. The maximum atomic E-state index is 11.6. The quantitative estimate of drug-likeness (QED) is 0.605. The highest BCUT2D eigenvalue weighted by Gasteiger charge is 2.29. The van der Waals surface area contributed by atoms with Gasteiger partial charge in [0.15, 0.2) is 0 Å². The molecule has 0 spiro atoms. The van der Waals surface area contributed by atoms with Crippen LogP contribution in [0.5, 0.6) is 0 Å². The lowest BCUT2D eigenvalue weighted by Crippen LogP contribution is -2.32. The Bertz CT molecular complexity index is 946. The van der Waals surface area contributed by atoms with Crippen molar-refractivity contribution in [1.82, 2.24) is 14.8 Å². The van der Waals surface area contributed by atoms with Crippen LogP contribution in [-0.4, -0.2) is 46.5 Å². The molecule has 1 aromatic carbocycles. The average molecular weight is 418 g/mol. The normalized spacial score (nSPS) is 18.1. The van der Waals surface area contributed by atoms with Gasteiger partial charge in [0.25, 0.3) is 0 Å². The van der Waals surface area contributed by atoms with Crippen molar-refractivity contribution in [2.75, 3.05) is 13.1 Å². The zero-order chi connectivity index (χ0) is 21.8. The Morgan fingerprint density at radius 2 is 2.00 bits per heavy atom. The van der Waals surface area contributed by atoms with E-state index in [9.17, 15) is 9.59 Å². The minimum absolute atomic E-state index is 0.285. The van der Waals surface area contributed by atoms with Crippen LogP contribution in [0.15, 0.2) is 43.1 Å². The summed E-state index contributed by atoms with van der Waals surface area (Å²) in [7, 11) is 0. The van der Waals surface area contributed by atoms with Gasteiger partial charge in [-0.2, -0.15) is 0 Å². The first-order valence-corrected chi connectivity index (χ1v) is 11.2. The van der Waals surface area contributed by atoms with Gasteiger partial charge in [-0.05, 0) is 68.0 Å². The summed E-state index contributed by atoms with van der Waals surface area (Å²) in [6.45, 7) is 10.1. The van der Waals surface area contributed by atoms with Gasteiger partial charge in [0.05, 0.1) is 11.7 Å². The molecule has 0 aliphatic carbocycles. The highest BCUT2D eigenvalue weighted by atomic mass is 16.1. The molecule has 2 aromatic rings. The molecule has 3 heterocycles. The predicted octanol–water partition coefficient (Wildman–Crippen LogP) is 4.10. The summed E-state index contributed by atoms with van der Waals surface area (Å²) in [5, 5.41) is 0. The third kappa shape index (κ3) is 4.77. The fourth-order valence-corrected chi connectivity index (χ4v) is 4.81. The molecule has 1 fully saturated rings. The number of nitrogens with zero attached hydrogens (tertiary/aromatic N) is 3. The number of carbonyl (C=O) groups is 2. The van der Waals surface area contributed by atoms with Crippen LogP contribution < -0.4 is 0 Å². The zero-order valence-electron chi connectivity index (χ0n) is 18.3. The number of benzene rings is 1. The van der Waals surface area contributed by atoms with E-state index in [1.165, 1.54) is 16.7 Å². The summed E-state index contributed by atoms with van der Waals surface area (Å²) in [4.78, 5) is 31.4. The Balaban J connectivity index is 1.38. The number of pyridine rings is 1. The lowest BCUT2D eigenvalue weighted by Gasteiger charge is -2.32. The number of aldehydes is 2. The number of rotatable bonds is 8. The van der Waals surface area contributed by atoms with Gasteiger partial charge in [-0.3, -0.25) is 9.88 Å². The van der Waals surface area contributed by atoms with Gasteiger partial charge in [-0.15, -0.1) is 0 Å². The fourth-order valence-electron chi connectivity index (χ4n) is 4.81. The number of piperidine rings is 1. The first kappa shape index (κ1) is 21.4. The highest BCUT2D eigenvalue weighted by molar-refractivity contribution is 5.73. The molecule has 0 amide bonds. The van der Waals surface area contributed by atoms with Gasteiger partial charge < -0.3 is 14.5 Å². The fraction of sp³-hybridized carbons (Fsp3) is 0.423. The summed E-state index contributed by atoms with van der Waals surface area (Å²) < 4.78 is 0. The molecule has 0 N–H and O–H groups in total. The molecule has 1 atom stereocenters. The minimum atomic E-state index is -0.285. The second-order valence-electron chi connectivity index (χ2n) is 8.82. The molecule has 2 aliphatic heterocycles. The Morgan fingerprint density at radius 3 is 2.68 bits per heavy atom. The van der Waals surface area contributed by atoms with Crippen LogP contribution in [0.25, 0.3) is 5.70 Å². The zero-order valence-corrected chi connectivity index (χ0v) is 18.3. The summed E-state index contributed by atoms with van der Waals surface area (Å²) in [5.74, 6) is 0.562. The predicted molar refractivity (Wildman–Crippen MR) is 122 cm³/mol. The van der Waals surface area contributed by atoms with Crippen LogP contribution in [0.3, 0.4) is 0 Å². The molecule has 1 aromatic heterocycles. The van der Waals surface area contributed by atoms with Crippen LogP contribution in [0.1, 0.15) is 59.5 Å². The lowest BCUT2D eigenvalue weighted by molar-refractivity contribution is -0.112. The number of carbonyl (C=O) groups excluding carboxylic acids is 2. The SMILES string of the molecule is C=C1c2ccc(C3CCN(Cc4ccc(C)cn4)CC3)cc2CN1C(C=O)CCC=O. The topological polar surface area (TPSA) is 53.5 Å². The van der Waals surface area contributed by atoms with Gasteiger partial charge >= 0.3 is 0 Å². The lowest BCUT2D eigenvalue weighted by atomic mass is 9.87. The van der Waals surface area contributed by atoms with E-state index in [1.807, 2.05) is 11.1 Å². The van der Waals surface area contributed by atoms with Crippen molar-refractivity contribution in [3.63, 3.8) is 0 Å². The number of aryl methyl sites for hydroxylation is 1. The van der Waals surface area contributed by atoms with Gasteiger partial charge in [0.1, 0.15) is 12.6 Å². The third-order valence-electron chi connectivity index (χ3n) is 6.68. The smallest absolute Gasteiger partial charge is 0.142 e. The number of hydrogen-bond acceptors (Lipinski definition) is 5. The Hall–Kier alpha value is -2.79. The summed E-state index contributed by atoms with van der Waals surface area (Å²) >= 11 is 0. The first-order valence-electron chi connectivity index (χ1n) is 11.2. The van der Waals surface area contributed by atoms with Gasteiger partial charge in [0, 0.05) is 37.0 Å². The van der Waals surface area contributed by atoms with Crippen LogP contribution >= 0.6 is 0 Å². The van der Waals surface area contributed by atoms with E-state index in [-0.39, 0.29) is 6.04 Å². The first-order chi connectivity index (χ1) is 15.1. The number of likely N-dealkylation sites (tertiary alicyclic amines) is 1. The van der Waals surface area contributed by atoms with E-state index < -0.39 is 0 Å². The van der Waals surface area contributed by atoms with Crippen molar-refractivity contribution in [2.24, 2.45) is 0 Å². The Kier molecular flexibility index (Phi) is 6.62. The Labute approximate surface area is 184 Å². The molecule has 0 bridgehead atoms. The molecule has 5 heteroatoms. The molecule has 31 heavy (non-hydrogen) atoms. The van der Waals surface area contributed by atoms with E-state index in [0.717, 1.165) is 62.0 Å². The summed E-state index contributed by atoms with van der Waals surface area (Å²) in [6, 6.07) is 10.7. The maximum absolute atomic E-state index is 11.6. The van der Waals surface area contributed by atoms with Crippen LogP contribution in [0.4, 0.5) is 0 Å². The number of hydrogen-bond donors (Lipinski definition) is 0. The van der Waals surface area contributed by atoms with Crippen molar-refractivity contribution in [1.29, 1.82) is 0 Å². The van der Waals surface area contributed by atoms with Crippen molar-refractivity contribution in [3.8, 4) is 0 Å². The monoisotopic (exact) mass is 417 g/mol. The van der Waals surface area contributed by atoms with Crippen LogP contribution in [0, 0.1) is 6.92 Å². The van der Waals surface area contributed by atoms with Crippen molar-refractivity contribution in [3.05, 3.63) is 71.1 Å². The van der Waals surface area contributed by atoms with Crippen molar-refractivity contribution in [2.45, 2.75) is 57.7 Å². The second kappa shape index (κ2) is 9.56. The molecular formula is C26H31N3O2. The van der Waals surface area contributed by atoms with E-state index in [0.29, 0.717) is 25.3 Å². The molecule has 0 radical (unpaired) electrons. The van der Waals surface area contributed by atoms with Crippen LogP contribution in [0.2, 0.25) is 0 Å². The summed E-state index contributed by atoms with van der Waals surface area (Å²) in [5.41, 5.74) is 6.99. The molecule has 2 aliphatic rings. The largest absolute Gasteiger partial charge is 0.357 e. The number of aromatic nitrogens is 1. The highest BCUT2D eigenvalue weighted by Crippen LogP contribution is 2.37. The van der Waals surface area contributed by atoms with Crippen molar-refractivity contribution >= 4 is 18.3 Å².